The van der Waals surface area contributed by atoms with Gasteiger partial charge in [-0.2, -0.15) is 0 Å². The second-order valence-corrected chi connectivity index (χ2v) is 5.92. The molecule has 0 aromatic heterocycles. The van der Waals surface area contributed by atoms with E-state index in [1.807, 2.05) is 24.3 Å². The highest BCUT2D eigenvalue weighted by molar-refractivity contribution is 6.35. The van der Waals surface area contributed by atoms with Gasteiger partial charge >= 0.3 is 0 Å². The Hall–Kier alpha value is -1.51. The van der Waals surface area contributed by atoms with Crippen molar-refractivity contribution >= 4 is 34.8 Å². The van der Waals surface area contributed by atoms with E-state index in [-0.39, 0.29) is 5.91 Å². The van der Waals surface area contributed by atoms with Crippen LogP contribution in [0.1, 0.15) is 42.1 Å². The van der Waals surface area contributed by atoms with Gasteiger partial charge in [0.05, 0.1) is 0 Å². The maximum Gasteiger partial charge on any atom is 0.255 e. The van der Waals surface area contributed by atoms with E-state index in [1.165, 1.54) is 5.56 Å². The van der Waals surface area contributed by atoms with Crippen molar-refractivity contribution in [1.82, 2.24) is 0 Å². The molecule has 1 N–H and O–H groups in total. The molecule has 2 aromatic rings. The predicted octanol–water partition coefficient (Wildman–Crippen LogP) is 5.76. The van der Waals surface area contributed by atoms with Crippen molar-refractivity contribution < 1.29 is 4.79 Å². The number of hydrogen-bond donors (Lipinski definition) is 1. The van der Waals surface area contributed by atoms with Gasteiger partial charge in [0, 0.05) is 21.3 Å². The molecule has 2 nitrogen and oxygen atoms in total. The van der Waals surface area contributed by atoms with Gasteiger partial charge in [0.15, 0.2) is 0 Å². The average Bonchev–Trinajstić information content (AvgIpc) is 2.46. The maximum atomic E-state index is 12.2. The van der Waals surface area contributed by atoms with Crippen molar-refractivity contribution in [3.8, 4) is 0 Å². The largest absolute Gasteiger partial charge is 0.322 e. The minimum atomic E-state index is -0.226. The number of carbonyl (C=O) groups is 1. The van der Waals surface area contributed by atoms with Crippen molar-refractivity contribution in [1.29, 1.82) is 0 Å². The molecule has 0 heterocycles. The van der Waals surface area contributed by atoms with E-state index in [2.05, 4.69) is 19.2 Å². The van der Waals surface area contributed by atoms with Gasteiger partial charge in [0.2, 0.25) is 0 Å². The molecule has 0 spiro atoms. The summed E-state index contributed by atoms with van der Waals surface area (Å²) >= 11 is 11.8. The lowest BCUT2D eigenvalue weighted by Gasteiger charge is -2.11. The van der Waals surface area contributed by atoms with E-state index in [0.29, 0.717) is 21.5 Å². The molecule has 110 valence electrons. The number of carbonyl (C=O) groups excluding carboxylic acids is 1. The van der Waals surface area contributed by atoms with Gasteiger partial charge < -0.3 is 5.32 Å². The lowest BCUT2D eigenvalue weighted by atomic mass is 9.98. The lowest BCUT2D eigenvalue weighted by Crippen LogP contribution is -2.11. The molecule has 0 aliphatic heterocycles. The molecule has 0 aliphatic rings. The van der Waals surface area contributed by atoms with E-state index in [1.54, 1.807) is 18.2 Å². The third kappa shape index (κ3) is 4.23. The molecule has 1 unspecified atom stereocenters. The van der Waals surface area contributed by atoms with Gasteiger partial charge in [-0.3, -0.25) is 4.79 Å². The van der Waals surface area contributed by atoms with Crippen LogP contribution in [-0.4, -0.2) is 5.91 Å². The standard InChI is InChI=1S/C17H17Cl2NO/c1-3-11(2)12-4-6-16(7-5-12)20-17(21)13-8-14(18)10-15(19)9-13/h4-11H,3H2,1-2H3,(H,20,21). The van der Waals surface area contributed by atoms with Crippen molar-refractivity contribution in [2.45, 2.75) is 26.2 Å². The first-order valence-electron chi connectivity index (χ1n) is 6.87. The lowest BCUT2D eigenvalue weighted by molar-refractivity contribution is 0.102. The highest BCUT2D eigenvalue weighted by Crippen LogP contribution is 2.22. The molecule has 1 atom stereocenters. The molecule has 0 bridgehead atoms. The molecule has 2 aromatic carbocycles. The van der Waals surface area contributed by atoms with E-state index >= 15 is 0 Å². The Kier molecular flexibility index (Phi) is 5.27. The third-order valence-corrected chi connectivity index (χ3v) is 3.91. The molecule has 4 heteroatoms. The summed E-state index contributed by atoms with van der Waals surface area (Å²) in [7, 11) is 0. The van der Waals surface area contributed by atoms with E-state index in [4.69, 9.17) is 23.2 Å². The predicted molar refractivity (Wildman–Crippen MR) is 89.6 cm³/mol. The summed E-state index contributed by atoms with van der Waals surface area (Å²) in [6.07, 6.45) is 1.09. The van der Waals surface area contributed by atoms with Gasteiger partial charge in [0.1, 0.15) is 0 Å². The van der Waals surface area contributed by atoms with Gasteiger partial charge in [-0.25, -0.2) is 0 Å². The summed E-state index contributed by atoms with van der Waals surface area (Å²) in [6.45, 7) is 4.34. The van der Waals surface area contributed by atoms with Gasteiger partial charge in [-0.1, -0.05) is 49.2 Å². The topological polar surface area (TPSA) is 29.1 Å². The van der Waals surface area contributed by atoms with Gasteiger partial charge in [-0.15, -0.1) is 0 Å². The second kappa shape index (κ2) is 6.97. The van der Waals surface area contributed by atoms with Crippen LogP contribution in [0.3, 0.4) is 0 Å². The summed E-state index contributed by atoms with van der Waals surface area (Å²) in [4.78, 5) is 12.2. The Balaban J connectivity index is 2.12. The SMILES string of the molecule is CCC(C)c1ccc(NC(=O)c2cc(Cl)cc(Cl)c2)cc1. The normalized spacial score (nSPS) is 12.0. The first-order valence-corrected chi connectivity index (χ1v) is 7.62. The quantitative estimate of drug-likeness (QED) is 0.762. The Morgan fingerprint density at radius 3 is 2.19 bits per heavy atom. The monoisotopic (exact) mass is 321 g/mol. The maximum absolute atomic E-state index is 12.2. The molecule has 0 fully saturated rings. The molecule has 0 radical (unpaired) electrons. The fourth-order valence-corrected chi connectivity index (χ4v) is 2.54. The Morgan fingerprint density at radius 2 is 1.67 bits per heavy atom. The molecule has 0 saturated carbocycles. The molecular formula is C17H17Cl2NO. The van der Waals surface area contributed by atoms with Crippen molar-refractivity contribution in [3.05, 3.63) is 63.6 Å². The molecule has 21 heavy (non-hydrogen) atoms. The van der Waals surface area contributed by atoms with Crippen LogP contribution in [0.15, 0.2) is 42.5 Å². The number of anilines is 1. The fraction of sp³-hybridized carbons (Fsp3) is 0.235. The summed E-state index contributed by atoms with van der Waals surface area (Å²) in [6, 6.07) is 12.7. The fourth-order valence-electron chi connectivity index (χ4n) is 2.02. The van der Waals surface area contributed by atoms with Crippen LogP contribution in [0.25, 0.3) is 0 Å². The molecule has 2 rings (SSSR count). The molecule has 0 saturated heterocycles. The number of benzene rings is 2. The molecule has 0 aliphatic carbocycles. The van der Waals surface area contributed by atoms with Crippen LogP contribution in [-0.2, 0) is 0 Å². The summed E-state index contributed by atoms with van der Waals surface area (Å²) in [5, 5.41) is 3.73. The van der Waals surface area contributed by atoms with Crippen molar-refractivity contribution in [2.24, 2.45) is 0 Å². The Bertz CT molecular complexity index is 617. The van der Waals surface area contributed by atoms with Crippen LogP contribution < -0.4 is 5.32 Å². The van der Waals surface area contributed by atoms with Gasteiger partial charge in [0.25, 0.3) is 5.91 Å². The van der Waals surface area contributed by atoms with Crippen LogP contribution in [0.5, 0.6) is 0 Å². The molecular weight excluding hydrogens is 305 g/mol. The molecule has 1 amide bonds. The Labute approximate surface area is 135 Å². The van der Waals surface area contributed by atoms with E-state index < -0.39 is 0 Å². The zero-order chi connectivity index (χ0) is 15.4. The van der Waals surface area contributed by atoms with E-state index in [0.717, 1.165) is 12.1 Å². The van der Waals surface area contributed by atoms with Crippen LogP contribution in [0.2, 0.25) is 10.0 Å². The van der Waals surface area contributed by atoms with Crippen LogP contribution in [0, 0.1) is 0 Å². The van der Waals surface area contributed by atoms with Crippen molar-refractivity contribution in [2.75, 3.05) is 5.32 Å². The van der Waals surface area contributed by atoms with Gasteiger partial charge in [-0.05, 0) is 48.2 Å². The summed E-state index contributed by atoms with van der Waals surface area (Å²) in [5.41, 5.74) is 2.46. The highest BCUT2D eigenvalue weighted by Gasteiger charge is 2.09. The van der Waals surface area contributed by atoms with Crippen LogP contribution in [0.4, 0.5) is 5.69 Å². The first-order chi connectivity index (χ1) is 9.99. The zero-order valence-electron chi connectivity index (χ0n) is 12.0. The average molecular weight is 322 g/mol. The minimum Gasteiger partial charge on any atom is -0.322 e. The third-order valence-electron chi connectivity index (χ3n) is 3.47. The van der Waals surface area contributed by atoms with Crippen molar-refractivity contribution in [3.63, 3.8) is 0 Å². The number of rotatable bonds is 4. The number of halogens is 2. The Morgan fingerprint density at radius 1 is 1.10 bits per heavy atom. The second-order valence-electron chi connectivity index (χ2n) is 5.04. The number of nitrogens with one attached hydrogen (secondary N) is 1. The number of amides is 1. The smallest absolute Gasteiger partial charge is 0.255 e. The summed E-state index contributed by atoms with van der Waals surface area (Å²) < 4.78 is 0. The first kappa shape index (κ1) is 15.9. The number of hydrogen-bond acceptors (Lipinski definition) is 1. The van der Waals surface area contributed by atoms with E-state index in [9.17, 15) is 4.79 Å². The highest BCUT2D eigenvalue weighted by atomic mass is 35.5. The van der Waals surface area contributed by atoms with Crippen LogP contribution >= 0.6 is 23.2 Å². The zero-order valence-corrected chi connectivity index (χ0v) is 13.5. The minimum absolute atomic E-state index is 0.226. The summed E-state index contributed by atoms with van der Waals surface area (Å²) in [5.74, 6) is 0.289.